The zero-order valence-electron chi connectivity index (χ0n) is 11.8. The van der Waals surface area contributed by atoms with Gasteiger partial charge in [0.05, 0.1) is 13.2 Å². The highest BCUT2D eigenvalue weighted by atomic mass is 28.4. The van der Waals surface area contributed by atoms with Crippen molar-refractivity contribution in [3.8, 4) is 0 Å². The second-order valence-corrected chi connectivity index (χ2v) is 14.8. The standard InChI is InChI=1S/C11H27FO3Si2/c1-16(2,3)15-17(4,5)10-6-7-13-8-9-14-11-12/h6-11H2,1-5H3. The molecule has 0 saturated carbocycles. The molecule has 0 amide bonds. The van der Waals surface area contributed by atoms with Gasteiger partial charge >= 0.3 is 0 Å². The fourth-order valence-electron chi connectivity index (χ4n) is 1.75. The summed E-state index contributed by atoms with van der Waals surface area (Å²) in [7, 11) is -2.94. The van der Waals surface area contributed by atoms with Crippen molar-refractivity contribution in [2.75, 3.05) is 26.7 Å². The molecule has 3 nitrogen and oxygen atoms in total. The van der Waals surface area contributed by atoms with Crippen LogP contribution in [0, 0.1) is 0 Å². The van der Waals surface area contributed by atoms with Crippen LogP contribution in [0.1, 0.15) is 6.42 Å². The lowest BCUT2D eigenvalue weighted by molar-refractivity contribution is 0.0100. The molecule has 6 heteroatoms. The topological polar surface area (TPSA) is 27.7 Å². The predicted octanol–water partition coefficient (Wildman–Crippen LogP) is 3.39. The van der Waals surface area contributed by atoms with Gasteiger partial charge in [-0.1, -0.05) is 0 Å². The van der Waals surface area contributed by atoms with Gasteiger partial charge < -0.3 is 13.6 Å². The Morgan fingerprint density at radius 3 is 2.00 bits per heavy atom. The predicted molar refractivity (Wildman–Crippen MR) is 74.1 cm³/mol. The minimum absolute atomic E-state index is 0.336. The first-order valence-corrected chi connectivity index (χ1v) is 12.7. The second-order valence-electron chi connectivity index (χ2n) is 5.71. The molecule has 0 aromatic heterocycles. The van der Waals surface area contributed by atoms with Crippen LogP contribution >= 0.6 is 0 Å². The smallest absolute Gasteiger partial charge is 0.188 e. The van der Waals surface area contributed by atoms with Crippen molar-refractivity contribution in [3.63, 3.8) is 0 Å². The van der Waals surface area contributed by atoms with Crippen LogP contribution in [0.25, 0.3) is 0 Å². The minimum atomic E-state index is -1.52. The van der Waals surface area contributed by atoms with Crippen molar-refractivity contribution in [1.82, 2.24) is 0 Å². The maximum absolute atomic E-state index is 11.6. The van der Waals surface area contributed by atoms with Crippen molar-refractivity contribution < 1.29 is 18.0 Å². The third kappa shape index (κ3) is 12.5. The van der Waals surface area contributed by atoms with Crippen LogP contribution in [-0.4, -0.2) is 43.3 Å². The Labute approximate surface area is 107 Å². The van der Waals surface area contributed by atoms with E-state index in [0.717, 1.165) is 12.5 Å². The molecule has 0 bridgehead atoms. The Morgan fingerprint density at radius 1 is 0.882 bits per heavy atom. The Morgan fingerprint density at radius 2 is 1.47 bits per heavy atom. The molecule has 0 aromatic rings. The first-order valence-electron chi connectivity index (χ1n) is 6.18. The SMILES string of the molecule is C[Si](C)(C)O[Si](C)(C)CCCOCCOCF. The van der Waals surface area contributed by atoms with Crippen molar-refractivity contribution in [2.45, 2.75) is 45.2 Å². The van der Waals surface area contributed by atoms with E-state index in [4.69, 9.17) is 8.85 Å². The van der Waals surface area contributed by atoms with Gasteiger partial charge in [-0.2, -0.15) is 0 Å². The fraction of sp³-hybridized carbons (Fsp3) is 1.00. The Kier molecular flexibility index (Phi) is 8.48. The van der Waals surface area contributed by atoms with Crippen molar-refractivity contribution in [1.29, 1.82) is 0 Å². The van der Waals surface area contributed by atoms with E-state index in [1.54, 1.807) is 0 Å². The molecule has 0 aliphatic carbocycles. The Bertz CT molecular complexity index is 196. The van der Waals surface area contributed by atoms with E-state index in [0.29, 0.717) is 19.8 Å². The highest BCUT2D eigenvalue weighted by Crippen LogP contribution is 2.19. The lowest BCUT2D eigenvalue weighted by Crippen LogP contribution is -2.42. The monoisotopic (exact) mass is 282 g/mol. The Balaban J connectivity index is 3.52. The van der Waals surface area contributed by atoms with Crippen LogP contribution in [0.5, 0.6) is 0 Å². The van der Waals surface area contributed by atoms with Gasteiger partial charge in [-0.15, -0.1) is 0 Å². The summed E-state index contributed by atoms with van der Waals surface area (Å²) in [5.74, 6) is 0. The quantitative estimate of drug-likeness (QED) is 0.454. The molecule has 0 fully saturated rings. The van der Waals surface area contributed by atoms with Crippen LogP contribution in [0.2, 0.25) is 38.8 Å². The van der Waals surface area contributed by atoms with Gasteiger partial charge in [-0.05, 0) is 45.2 Å². The van der Waals surface area contributed by atoms with E-state index >= 15 is 0 Å². The molecule has 0 radical (unpaired) electrons. The largest absolute Gasteiger partial charge is 0.456 e. The second kappa shape index (κ2) is 8.36. The van der Waals surface area contributed by atoms with Gasteiger partial charge in [0, 0.05) is 6.61 Å². The number of halogens is 1. The summed E-state index contributed by atoms with van der Waals surface area (Å²) < 4.78 is 27.7. The third-order valence-electron chi connectivity index (χ3n) is 2.10. The van der Waals surface area contributed by atoms with E-state index in [9.17, 15) is 4.39 Å². The van der Waals surface area contributed by atoms with Crippen molar-refractivity contribution in [2.24, 2.45) is 0 Å². The number of rotatable bonds is 10. The highest BCUT2D eigenvalue weighted by molar-refractivity contribution is 6.84. The van der Waals surface area contributed by atoms with Gasteiger partial charge in [0.25, 0.3) is 0 Å². The average molecular weight is 283 g/mol. The van der Waals surface area contributed by atoms with Gasteiger partial charge in [0.2, 0.25) is 0 Å². The zero-order valence-corrected chi connectivity index (χ0v) is 13.8. The molecule has 104 valence electrons. The molecule has 0 atom stereocenters. The summed E-state index contributed by atoms with van der Waals surface area (Å²) in [6.07, 6.45) is 1.01. The van der Waals surface area contributed by atoms with E-state index in [-0.39, 0.29) is 0 Å². The van der Waals surface area contributed by atoms with Gasteiger partial charge in [0.15, 0.2) is 23.5 Å². The Hall–Kier alpha value is 0.244. The lowest BCUT2D eigenvalue weighted by atomic mass is 10.5. The summed E-state index contributed by atoms with van der Waals surface area (Å²) >= 11 is 0. The number of hydrogen-bond donors (Lipinski definition) is 0. The van der Waals surface area contributed by atoms with E-state index in [1.165, 1.54) is 0 Å². The minimum Gasteiger partial charge on any atom is -0.456 e. The summed E-state index contributed by atoms with van der Waals surface area (Å²) in [5, 5.41) is 0. The van der Waals surface area contributed by atoms with Gasteiger partial charge in [-0.3, -0.25) is 0 Å². The molecule has 0 heterocycles. The highest BCUT2D eigenvalue weighted by Gasteiger charge is 2.28. The molecule has 0 aliphatic rings. The molecule has 0 spiro atoms. The van der Waals surface area contributed by atoms with Crippen LogP contribution in [-0.2, 0) is 13.6 Å². The molecule has 0 aliphatic heterocycles. The van der Waals surface area contributed by atoms with Crippen LogP contribution in [0.4, 0.5) is 4.39 Å². The molecule has 0 aromatic carbocycles. The third-order valence-corrected chi connectivity index (χ3v) is 8.32. The molecule has 0 saturated heterocycles. The number of alkyl halides is 1. The molecule has 0 unspecified atom stereocenters. The van der Waals surface area contributed by atoms with E-state index in [2.05, 4.69) is 37.5 Å². The summed E-state index contributed by atoms with van der Waals surface area (Å²) in [6, 6.07) is 1.11. The van der Waals surface area contributed by atoms with Crippen LogP contribution < -0.4 is 0 Å². The number of ether oxygens (including phenoxy) is 2. The van der Waals surface area contributed by atoms with Crippen LogP contribution in [0.15, 0.2) is 0 Å². The van der Waals surface area contributed by atoms with Gasteiger partial charge in [-0.25, -0.2) is 4.39 Å². The van der Waals surface area contributed by atoms with Gasteiger partial charge in [0.1, 0.15) is 0 Å². The average Bonchev–Trinajstić information content (AvgIpc) is 2.12. The molecular weight excluding hydrogens is 255 g/mol. The summed E-state index contributed by atoms with van der Waals surface area (Å²) in [6.45, 7) is 12.0. The molecule has 0 N–H and O–H groups in total. The van der Waals surface area contributed by atoms with Crippen LogP contribution in [0.3, 0.4) is 0 Å². The van der Waals surface area contributed by atoms with E-state index in [1.807, 2.05) is 0 Å². The van der Waals surface area contributed by atoms with Crippen molar-refractivity contribution >= 4 is 16.6 Å². The molecule has 17 heavy (non-hydrogen) atoms. The zero-order chi connectivity index (χ0) is 13.4. The normalized spacial score (nSPS) is 13.1. The fourth-order valence-corrected chi connectivity index (χ4v) is 9.79. The molecular formula is C11H27FO3Si2. The molecule has 0 rings (SSSR count). The summed E-state index contributed by atoms with van der Waals surface area (Å²) in [5.41, 5.74) is 0. The number of hydrogen-bond acceptors (Lipinski definition) is 3. The first kappa shape index (κ1) is 17.2. The summed E-state index contributed by atoms with van der Waals surface area (Å²) in [4.78, 5) is 0. The van der Waals surface area contributed by atoms with Crippen molar-refractivity contribution in [3.05, 3.63) is 0 Å². The lowest BCUT2D eigenvalue weighted by Gasteiger charge is -2.31. The first-order chi connectivity index (χ1) is 7.77. The maximum Gasteiger partial charge on any atom is 0.188 e. The van der Waals surface area contributed by atoms with E-state index < -0.39 is 23.5 Å². The maximum atomic E-state index is 11.6.